The molecule has 0 aliphatic heterocycles. The Kier molecular flexibility index (Phi) is 4.88. The second kappa shape index (κ2) is 6.67. The van der Waals surface area contributed by atoms with Crippen LogP contribution in [0.15, 0.2) is 58.0 Å². The maximum atomic E-state index is 4.26. The number of nitrogens with zero attached hydrogens (tertiary/aromatic N) is 1. The fraction of sp³-hybridized carbons (Fsp3) is 0.154. The molecule has 17 heavy (non-hydrogen) atoms. The van der Waals surface area contributed by atoms with Gasteiger partial charge in [-0.15, -0.1) is 11.8 Å². The number of anilines is 1. The number of halogens is 1. The first kappa shape index (κ1) is 12.5. The van der Waals surface area contributed by atoms with Crippen molar-refractivity contribution in [2.75, 3.05) is 17.6 Å². The van der Waals surface area contributed by atoms with E-state index in [1.54, 1.807) is 6.20 Å². The third-order valence-corrected chi connectivity index (χ3v) is 3.63. The van der Waals surface area contributed by atoms with Crippen LogP contribution in [-0.2, 0) is 0 Å². The fourth-order valence-corrected chi connectivity index (χ4v) is 2.37. The van der Waals surface area contributed by atoms with Crippen LogP contribution < -0.4 is 5.32 Å². The third kappa shape index (κ3) is 4.40. The van der Waals surface area contributed by atoms with E-state index >= 15 is 0 Å². The van der Waals surface area contributed by atoms with Gasteiger partial charge in [0.1, 0.15) is 5.82 Å². The molecule has 0 saturated heterocycles. The summed E-state index contributed by atoms with van der Waals surface area (Å²) in [6.07, 6.45) is 1.80. The Balaban J connectivity index is 1.71. The lowest BCUT2D eigenvalue weighted by molar-refractivity contribution is 1.16. The average Bonchev–Trinajstić information content (AvgIpc) is 2.38. The molecular weight excluding hydrogens is 296 g/mol. The molecule has 4 heteroatoms. The molecule has 1 aromatic carbocycles. The molecule has 0 unspecified atom stereocenters. The Labute approximate surface area is 114 Å². The number of benzene rings is 1. The van der Waals surface area contributed by atoms with Crippen LogP contribution in [0.2, 0.25) is 0 Å². The van der Waals surface area contributed by atoms with E-state index in [2.05, 4.69) is 50.5 Å². The van der Waals surface area contributed by atoms with E-state index in [0.717, 1.165) is 22.6 Å². The minimum atomic E-state index is 0.911. The normalized spacial score (nSPS) is 10.2. The molecule has 0 radical (unpaired) electrons. The smallest absolute Gasteiger partial charge is 0.125 e. The van der Waals surface area contributed by atoms with Crippen LogP contribution in [0, 0.1) is 0 Å². The van der Waals surface area contributed by atoms with Gasteiger partial charge >= 0.3 is 0 Å². The standard InChI is InChI=1S/C13H13BrN2S/c14-11-6-7-13(16-10-11)15-8-9-17-12-4-2-1-3-5-12/h1-7,10H,8-9H2,(H,15,16). The van der Waals surface area contributed by atoms with Crippen LogP contribution in [-0.4, -0.2) is 17.3 Å². The molecule has 0 saturated carbocycles. The molecule has 0 amide bonds. The zero-order chi connectivity index (χ0) is 11.9. The molecule has 2 nitrogen and oxygen atoms in total. The summed E-state index contributed by atoms with van der Waals surface area (Å²) in [5, 5.41) is 3.29. The summed E-state index contributed by atoms with van der Waals surface area (Å²) in [4.78, 5) is 5.56. The van der Waals surface area contributed by atoms with Crippen LogP contribution in [0.3, 0.4) is 0 Å². The summed E-state index contributed by atoms with van der Waals surface area (Å²) in [6.45, 7) is 0.911. The Morgan fingerprint density at radius 1 is 1.12 bits per heavy atom. The predicted molar refractivity (Wildman–Crippen MR) is 77.6 cm³/mol. The molecule has 0 bridgehead atoms. The van der Waals surface area contributed by atoms with Crippen molar-refractivity contribution in [3.63, 3.8) is 0 Å². The predicted octanol–water partition coefficient (Wildman–Crippen LogP) is 4.05. The van der Waals surface area contributed by atoms with Gasteiger partial charge in [0.15, 0.2) is 0 Å². The van der Waals surface area contributed by atoms with Crippen molar-refractivity contribution in [2.24, 2.45) is 0 Å². The topological polar surface area (TPSA) is 24.9 Å². The number of thioether (sulfide) groups is 1. The Morgan fingerprint density at radius 2 is 1.94 bits per heavy atom. The minimum Gasteiger partial charge on any atom is -0.369 e. The monoisotopic (exact) mass is 308 g/mol. The highest BCUT2D eigenvalue weighted by molar-refractivity contribution is 9.10. The minimum absolute atomic E-state index is 0.911. The second-order valence-electron chi connectivity index (χ2n) is 3.45. The molecule has 0 aliphatic rings. The van der Waals surface area contributed by atoms with Crippen LogP contribution in [0.4, 0.5) is 5.82 Å². The van der Waals surface area contributed by atoms with E-state index in [1.807, 2.05) is 30.0 Å². The Morgan fingerprint density at radius 3 is 2.65 bits per heavy atom. The number of hydrogen-bond acceptors (Lipinski definition) is 3. The summed E-state index contributed by atoms with van der Waals surface area (Å²) >= 11 is 5.21. The lowest BCUT2D eigenvalue weighted by Gasteiger charge is -2.05. The molecule has 0 aliphatic carbocycles. The first-order valence-corrected chi connectivity index (χ1v) is 7.16. The van der Waals surface area contributed by atoms with Gasteiger partial charge in [-0.25, -0.2) is 4.98 Å². The van der Waals surface area contributed by atoms with Crippen molar-refractivity contribution in [3.8, 4) is 0 Å². The first-order chi connectivity index (χ1) is 8.34. The van der Waals surface area contributed by atoms with Crippen molar-refractivity contribution in [3.05, 3.63) is 53.1 Å². The van der Waals surface area contributed by atoms with Gasteiger partial charge in [0.05, 0.1) is 0 Å². The van der Waals surface area contributed by atoms with E-state index in [0.29, 0.717) is 0 Å². The van der Waals surface area contributed by atoms with Crippen molar-refractivity contribution in [1.29, 1.82) is 0 Å². The SMILES string of the molecule is Brc1ccc(NCCSc2ccccc2)nc1. The quantitative estimate of drug-likeness (QED) is 0.666. The molecule has 2 aromatic rings. The van der Waals surface area contributed by atoms with Gasteiger partial charge in [-0.3, -0.25) is 0 Å². The number of hydrogen-bond donors (Lipinski definition) is 1. The fourth-order valence-electron chi connectivity index (χ4n) is 1.35. The lowest BCUT2D eigenvalue weighted by atomic mass is 10.4. The van der Waals surface area contributed by atoms with Gasteiger partial charge in [0.25, 0.3) is 0 Å². The zero-order valence-electron chi connectivity index (χ0n) is 9.27. The van der Waals surface area contributed by atoms with Crippen LogP contribution >= 0.6 is 27.7 Å². The van der Waals surface area contributed by atoms with Crippen molar-refractivity contribution in [1.82, 2.24) is 4.98 Å². The van der Waals surface area contributed by atoms with Gasteiger partial charge in [0.2, 0.25) is 0 Å². The van der Waals surface area contributed by atoms with Gasteiger partial charge in [-0.05, 0) is 40.2 Å². The maximum absolute atomic E-state index is 4.26. The maximum Gasteiger partial charge on any atom is 0.125 e. The molecular formula is C13H13BrN2S. The van der Waals surface area contributed by atoms with Crippen LogP contribution in [0.1, 0.15) is 0 Å². The highest BCUT2D eigenvalue weighted by Gasteiger charge is 1.94. The van der Waals surface area contributed by atoms with Gasteiger partial charge in [-0.1, -0.05) is 18.2 Å². The molecule has 88 valence electrons. The van der Waals surface area contributed by atoms with E-state index in [1.165, 1.54) is 4.90 Å². The number of aromatic nitrogens is 1. The van der Waals surface area contributed by atoms with Gasteiger partial charge < -0.3 is 5.32 Å². The lowest BCUT2D eigenvalue weighted by Crippen LogP contribution is -2.05. The summed E-state index contributed by atoms with van der Waals surface area (Å²) in [5.74, 6) is 1.95. The molecule has 0 fully saturated rings. The Hall–Kier alpha value is -1.00. The van der Waals surface area contributed by atoms with Crippen molar-refractivity contribution < 1.29 is 0 Å². The van der Waals surface area contributed by atoms with E-state index < -0.39 is 0 Å². The molecule has 1 N–H and O–H groups in total. The van der Waals surface area contributed by atoms with E-state index in [4.69, 9.17) is 0 Å². The molecule has 1 aromatic heterocycles. The van der Waals surface area contributed by atoms with E-state index in [-0.39, 0.29) is 0 Å². The molecule has 0 atom stereocenters. The van der Waals surface area contributed by atoms with Gasteiger partial charge in [0, 0.05) is 27.9 Å². The van der Waals surface area contributed by atoms with Crippen LogP contribution in [0.5, 0.6) is 0 Å². The highest BCUT2D eigenvalue weighted by Crippen LogP contribution is 2.16. The number of pyridine rings is 1. The number of nitrogens with one attached hydrogen (secondary N) is 1. The molecule has 0 spiro atoms. The molecule has 2 rings (SSSR count). The Bertz CT molecular complexity index is 445. The largest absolute Gasteiger partial charge is 0.369 e. The van der Waals surface area contributed by atoms with Crippen molar-refractivity contribution in [2.45, 2.75) is 4.90 Å². The molecule has 1 heterocycles. The average molecular weight is 309 g/mol. The second-order valence-corrected chi connectivity index (χ2v) is 5.53. The highest BCUT2D eigenvalue weighted by atomic mass is 79.9. The zero-order valence-corrected chi connectivity index (χ0v) is 11.7. The summed E-state index contributed by atoms with van der Waals surface area (Å²) < 4.78 is 1.00. The van der Waals surface area contributed by atoms with Gasteiger partial charge in [-0.2, -0.15) is 0 Å². The van der Waals surface area contributed by atoms with Crippen LogP contribution in [0.25, 0.3) is 0 Å². The third-order valence-electron chi connectivity index (χ3n) is 2.15. The number of rotatable bonds is 5. The first-order valence-electron chi connectivity index (χ1n) is 5.38. The summed E-state index contributed by atoms with van der Waals surface area (Å²) in [6, 6.07) is 14.4. The van der Waals surface area contributed by atoms with E-state index in [9.17, 15) is 0 Å². The van der Waals surface area contributed by atoms with Crippen molar-refractivity contribution >= 4 is 33.5 Å². The summed E-state index contributed by atoms with van der Waals surface area (Å²) in [7, 11) is 0. The summed E-state index contributed by atoms with van der Waals surface area (Å²) in [5.41, 5.74) is 0.